The molecule has 2 heteroatoms. The number of hydrogen-bond acceptors (Lipinski definition) is 2. The molecule has 0 spiro atoms. The Morgan fingerprint density at radius 2 is 0.617 bits per heavy atom. The van der Waals surface area contributed by atoms with Gasteiger partial charge in [-0.3, -0.25) is 0 Å². The standard InChI is InChI=1S/C58H44N2/c1-57(2)49-35-41(59(37-19-9-5-10-20-37)38-21-11-6-12-22-38)31-33-43(49)53-45-27-17-28-46-51(45)52-47(55(53)57)29-18-30-48(52)56-54(46)44-34-32-42(36-50(44)58(56,3)4)60(39-23-13-7-14-24-39)40-25-15-8-16-26-40/h5-36H,1-4H3. The molecule has 10 aromatic rings. The highest BCUT2D eigenvalue weighted by Crippen LogP contribution is 2.61. The zero-order valence-corrected chi connectivity index (χ0v) is 34.4. The normalized spacial score (nSPS) is 14.3. The molecule has 12 rings (SSSR count). The van der Waals surface area contributed by atoms with Crippen LogP contribution in [0.5, 0.6) is 0 Å². The molecule has 0 atom stereocenters. The van der Waals surface area contributed by atoms with Crippen LogP contribution in [0.2, 0.25) is 0 Å². The molecule has 2 aliphatic rings. The summed E-state index contributed by atoms with van der Waals surface area (Å²) in [5, 5.41) is 8.20. The van der Waals surface area contributed by atoms with E-state index in [-0.39, 0.29) is 10.8 Å². The molecule has 0 unspecified atom stereocenters. The van der Waals surface area contributed by atoms with Gasteiger partial charge in [0.1, 0.15) is 0 Å². The molecule has 0 bridgehead atoms. The maximum atomic E-state index is 2.46. The molecule has 0 aliphatic heterocycles. The first-order valence-electron chi connectivity index (χ1n) is 21.2. The van der Waals surface area contributed by atoms with Crippen molar-refractivity contribution in [2.45, 2.75) is 38.5 Å². The largest absolute Gasteiger partial charge is 0.310 e. The minimum atomic E-state index is -0.238. The van der Waals surface area contributed by atoms with Crippen molar-refractivity contribution in [2.24, 2.45) is 0 Å². The van der Waals surface area contributed by atoms with Crippen LogP contribution in [0, 0.1) is 0 Å². The summed E-state index contributed by atoms with van der Waals surface area (Å²) in [5.74, 6) is 0. The summed E-state index contributed by atoms with van der Waals surface area (Å²) < 4.78 is 0. The van der Waals surface area contributed by atoms with E-state index in [1.807, 2.05) is 0 Å². The lowest BCUT2D eigenvalue weighted by atomic mass is 9.75. The van der Waals surface area contributed by atoms with Crippen LogP contribution in [-0.2, 0) is 10.8 Å². The van der Waals surface area contributed by atoms with Gasteiger partial charge in [-0.2, -0.15) is 0 Å². The number of hydrogen-bond donors (Lipinski definition) is 0. The quantitative estimate of drug-likeness (QED) is 0.155. The lowest BCUT2D eigenvalue weighted by molar-refractivity contribution is 0.665. The van der Waals surface area contributed by atoms with Gasteiger partial charge in [0.15, 0.2) is 0 Å². The number of rotatable bonds is 6. The molecule has 0 N–H and O–H groups in total. The van der Waals surface area contributed by atoms with Crippen molar-refractivity contribution in [2.75, 3.05) is 9.80 Å². The molecule has 0 radical (unpaired) electrons. The Bertz CT molecular complexity index is 3000. The topological polar surface area (TPSA) is 6.48 Å². The Morgan fingerprint density at radius 3 is 0.967 bits per heavy atom. The molecule has 0 aromatic heterocycles. The Balaban J connectivity index is 1.09. The minimum Gasteiger partial charge on any atom is -0.310 e. The number of nitrogens with zero attached hydrogens (tertiary/aromatic N) is 2. The van der Waals surface area contributed by atoms with E-state index in [0.29, 0.717) is 0 Å². The van der Waals surface area contributed by atoms with Gasteiger partial charge in [-0.25, -0.2) is 0 Å². The number of para-hydroxylation sites is 4. The van der Waals surface area contributed by atoms with Crippen molar-refractivity contribution in [1.82, 2.24) is 0 Å². The van der Waals surface area contributed by atoms with Gasteiger partial charge in [-0.1, -0.05) is 149 Å². The van der Waals surface area contributed by atoms with Gasteiger partial charge in [-0.05, 0) is 150 Å². The van der Waals surface area contributed by atoms with Gasteiger partial charge >= 0.3 is 0 Å². The molecule has 2 nitrogen and oxygen atoms in total. The maximum absolute atomic E-state index is 2.46. The molecule has 60 heavy (non-hydrogen) atoms. The van der Waals surface area contributed by atoms with Gasteiger partial charge in [-0.15, -0.1) is 0 Å². The van der Waals surface area contributed by atoms with Crippen LogP contribution in [0.15, 0.2) is 194 Å². The summed E-state index contributed by atoms with van der Waals surface area (Å²) >= 11 is 0. The van der Waals surface area contributed by atoms with Crippen LogP contribution in [0.1, 0.15) is 49.9 Å². The average Bonchev–Trinajstić information content (AvgIpc) is 3.67. The first-order chi connectivity index (χ1) is 29.3. The third-order valence-electron chi connectivity index (χ3n) is 13.7. The Hall–Kier alpha value is -7.16. The van der Waals surface area contributed by atoms with Crippen molar-refractivity contribution in [1.29, 1.82) is 0 Å². The highest BCUT2D eigenvalue weighted by atomic mass is 15.1. The minimum absolute atomic E-state index is 0.238. The third kappa shape index (κ3) is 4.76. The molecule has 10 aromatic carbocycles. The zero-order chi connectivity index (χ0) is 40.3. The van der Waals surface area contributed by atoms with Gasteiger partial charge in [0, 0.05) is 45.0 Å². The average molecular weight is 769 g/mol. The Kier molecular flexibility index (Phi) is 7.36. The summed E-state index contributed by atoms with van der Waals surface area (Å²) in [4.78, 5) is 4.77. The molecule has 0 heterocycles. The summed E-state index contributed by atoms with van der Waals surface area (Å²) in [7, 11) is 0. The predicted molar refractivity (Wildman–Crippen MR) is 255 cm³/mol. The van der Waals surface area contributed by atoms with Crippen molar-refractivity contribution in [3.63, 3.8) is 0 Å². The fourth-order valence-corrected chi connectivity index (χ4v) is 11.2. The van der Waals surface area contributed by atoms with Crippen LogP contribution in [0.25, 0.3) is 54.6 Å². The number of fused-ring (bicyclic) bond motifs is 10. The van der Waals surface area contributed by atoms with E-state index < -0.39 is 0 Å². The van der Waals surface area contributed by atoms with E-state index in [0.717, 1.165) is 22.7 Å². The summed E-state index contributed by atoms with van der Waals surface area (Å²) in [5.41, 5.74) is 17.5. The lowest BCUT2D eigenvalue weighted by Crippen LogP contribution is -2.18. The predicted octanol–water partition coefficient (Wildman–Crippen LogP) is 16.1. The van der Waals surface area contributed by atoms with Crippen LogP contribution < -0.4 is 9.80 Å². The highest BCUT2D eigenvalue weighted by molar-refractivity contribution is 6.33. The van der Waals surface area contributed by atoms with Crippen LogP contribution in [0.4, 0.5) is 34.1 Å². The molecule has 0 saturated carbocycles. The third-order valence-corrected chi connectivity index (χ3v) is 13.7. The second kappa shape index (κ2) is 12.7. The summed E-state index contributed by atoms with van der Waals surface area (Å²) in [6.45, 7) is 9.77. The first-order valence-corrected chi connectivity index (χ1v) is 21.2. The van der Waals surface area contributed by atoms with E-state index in [4.69, 9.17) is 0 Å². The van der Waals surface area contributed by atoms with Crippen molar-refractivity contribution >= 4 is 66.4 Å². The fourth-order valence-electron chi connectivity index (χ4n) is 11.2. The van der Waals surface area contributed by atoms with E-state index in [9.17, 15) is 0 Å². The fraction of sp³-hybridized carbons (Fsp3) is 0.103. The Labute approximate surface area is 351 Å². The van der Waals surface area contributed by atoms with Gasteiger partial charge < -0.3 is 9.80 Å². The maximum Gasteiger partial charge on any atom is 0.0465 e. The van der Waals surface area contributed by atoms with Crippen LogP contribution in [-0.4, -0.2) is 0 Å². The van der Waals surface area contributed by atoms with E-state index >= 15 is 0 Å². The zero-order valence-electron chi connectivity index (χ0n) is 34.4. The lowest BCUT2D eigenvalue weighted by Gasteiger charge is -2.29. The van der Waals surface area contributed by atoms with Gasteiger partial charge in [0.2, 0.25) is 0 Å². The summed E-state index contributed by atoms with van der Waals surface area (Å²) in [6.07, 6.45) is 0. The van der Waals surface area contributed by atoms with Crippen LogP contribution >= 0.6 is 0 Å². The van der Waals surface area contributed by atoms with Crippen molar-refractivity contribution in [3.05, 3.63) is 216 Å². The van der Waals surface area contributed by atoms with E-state index in [1.54, 1.807) is 0 Å². The molecule has 2 aliphatic carbocycles. The van der Waals surface area contributed by atoms with E-state index in [2.05, 4.69) is 232 Å². The monoisotopic (exact) mass is 768 g/mol. The van der Waals surface area contributed by atoms with Gasteiger partial charge in [0.05, 0.1) is 0 Å². The smallest absolute Gasteiger partial charge is 0.0465 e. The molecular weight excluding hydrogens is 725 g/mol. The summed E-state index contributed by atoms with van der Waals surface area (Å²) in [6, 6.07) is 71.6. The Morgan fingerprint density at radius 1 is 0.300 bits per heavy atom. The van der Waals surface area contributed by atoms with Crippen LogP contribution in [0.3, 0.4) is 0 Å². The number of anilines is 6. The highest BCUT2D eigenvalue weighted by Gasteiger charge is 2.43. The van der Waals surface area contributed by atoms with Crippen molar-refractivity contribution < 1.29 is 0 Å². The van der Waals surface area contributed by atoms with Gasteiger partial charge in [0.25, 0.3) is 0 Å². The molecule has 0 amide bonds. The SMILES string of the molecule is CC1(C)c2cc(N(c3ccccc3)c3ccccc3)ccc2-c2c1c1cccc3c4c(c5cccc2c5c13)-c1ccc(N(c2ccccc2)c2ccccc2)cc1C4(C)C. The second-order valence-corrected chi connectivity index (χ2v) is 17.7. The van der Waals surface area contributed by atoms with E-state index in [1.165, 1.54) is 88.2 Å². The molecular formula is C58H44N2. The molecule has 0 saturated heterocycles. The second-order valence-electron chi connectivity index (χ2n) is 17.7. The van der Waals surface area contributed by atoms with Crippen molar-refractivity contribution in [3.8, 4) is 22.3 Å². The molecule has 286 valence electrons. The first kappa shape index (κ1) is 34.8. The number of benzene rings is 10. The molecule has 0 fully saturated rings.